The van der Waals surface area contributed by atoms with Gasteiger partial charge in [-0.05, 0) is 29.6 Å². The molecule has 0 radical (unpaired) electrons. The van der Waals surface area contributed by atoms with Crippen LogP contribution in [0, 0.1) is 0 Å². The minimum atomic E-state index is -0.138. The van der Waals surface area contributed by atoms with Gasteiger partial charge in [-0.1, -0.05) is 29.3 Å². The summed E-state index contributed by atoms with van der Waals surface area (Å²) in [5.41, 5.74) is 1.37. The first-order valence-electron chi connectivity index (χ1n) is 6.35. The van der Waals surface area contributed by atoms with Gasteiger partial charge in [-0.2, -0.15) is 0 Å². The number of rotatable bonds is 4. The van der Waals surface area contributed by atoms with Crippen LogP contribution in [0.1, 0.15) is 5.69 Å². The van der Waals surface area contributed by atoms with Crippen molar-refractivity contribution in [2.75, 3.05) is 5.32 Å². The maximum atomic E-state index is 12.1. The molecule has 0 saturated heterocycles. The monoisotopic (exact) mass is 368 g/mol. The van der Waals surface area contributed by atoms with E-state index in [1.54, 1.807) is 40.9 Å². The Bertz CT molecular complexity index is 800. The standard InChI is InChI=1S/C15H10Cl2N2OS2/c16-11-4-3-9(6-12(11)17)18-14(20)7-10-8-22-15(19-10)13-2-1-5-21-13/h1-6,8H,7H2,(H,18,20). The van der Waals surface area contributed by atoms with Crippen molar-refractivity contribution in [3.8, 4) is 9.88 Å². The molecule has 0 fully saturated rings. The number of amides is 1. The molecule has 0 bridgehead atoms. The zero-order chi connectivity index (χ0) is 15.5. The van der Waals surface area contributed by atoms with Gasteiger partial charge in [0.05, 0.1) is 27.0 Å². The van der Waals surface area contributed by atoms with Crippen LogP contribution in [0.25, 0.3) is 9.88 Å². The summed E-state index contributed by atoms with van der Waals surface area (Å²) in [6.07, 6.45) is 0.224. The highest BCUT2D eigenvalue weighted by molar-refractivity contribution is 7.20. The molecular weight excluding hydrogens is 359 g/mol. The molecule has 1 amide bonds. The smallest absolute Gasteiger partial charge is 0.230 e. The second-order valence-corrected chi connectivity index (χ2v) is 7.10. The molecule has 0 unspecified atom stereocenters. The van der Waals surface area contributed by atoms with Crippen LogP contribution in [0.2, 0.25) is 10.0 Å². The second kappa shape index (κ2) is 6.79. The number of thiazole rings is 1. The van der Waals surface area contributed by atoms with Crippen molar-refractivity contribution < 1.29 is 4.79 Å². The molecule has 22 heavy (non-hydrogen) atoms. The summed E-state index contributed by atoms with van der Waals surface area (Å²) in [6, 6.07) is 8.99. The number of nitrogens with one attached hydrogen (secondary N) is 1. The van der Waals surface area contributed by atoms with Crippen LogP contribution < -0.4 is 5.32 Å². The topological polar surface area (TPSA) is 42.0 Å². The molecule has 0 aliphatic rings. The number of benzene rings is 1. The van der Waals surface area contributed by atoms with Gasteiger partial charge in [0.2, 0.25) is 5.91 Å². The number of halogens is 2. The third-order valence-electron chi connectivity index (χ3n) is 2.83. The highest BCUT2D eigenvalue weighted by Gasteiger charge is 2.10. The van der Waals surface area contributed by atoms with Crippen molar-refractivity contribution in [1.29, 1.82) is 0 Å². The Kier molecular flexibility index (Phi) is 4.78. The number of carbonyl (C=O) groups is 1. The summed E-state index contributed by atoms with van der Waals surface area (Å²) < 4.78 is 0. The first-order valence-corrected chi connectivity index (χ1v) is 8.86. The third kappa shape index (κ3) is 3.67. The first-order chi connectivity index (χ1) is 10.6. The Hall–Kier alpha value is -1.40. The number of carbonyl (C=O) groups excluding carboxylic acids is 1. The zero-order valence-corrected chi connectivity index (χ0v) is 14.3. The summed E-state index contributed by atoms with van der Waals surface area (Å²) in [7, 11) is 0. The molecule has 3 nitrogen and oxygen atoms in total. The van der Waals surface area contributed by atoms with Gasteiger partial charge in [0.25, 0.3) is 0 Å². The predicted octanol–water partition coefficient (Wildman–Crippen LogP) is 5.36. The molecule has 2 heterocycles. The van der Waals surface area contributed by atoms with Crippen LogP contribution in [0.3, 0.4) is 0 Å². The Balaban J connectivity index is 1.65. The molecule has 112 valence electrons. The lowest BCUT2D eigenvalue weighted by atomic mass is 10.3. The number of thiophene rings is 1. The fourth-order valence-electron chi connectivity index (χ4n) is 1.85. The largest absolute Gasteiger partial charge is 0.326 e. The molecule has 3 rings (SSSR count). The van der Waals surface area contributed by atoms with E-state index in [-0.39, 0.29) is 12.3 Å². The summed E-state index contributed by atoms with van der Waals surface area (Å²) in [6.45, 7) is 0. The van der Waals surface area contributed by atoms with E-state index in [2.05, 4.69) is 10.3 Å². The normalized spacial score (nSPS) is 10.6. The van der Waals surface area contributed by atoms with Crippen molar-refractivity contribution in [2.24, 2.45) is 0 Å². The summed E-state index contributed by atoms with van der Waals surface area (Å²) in [5, 5.41) is 8.51. The number of aromatic nitrogens is 1. The van der Waals surface area contributed by atoms with Crippen molar-refractivity contribution in [3.63, 3.8) is 0 Å². The van der Waals surface area contributed by atoms with Gasteiger partial charge in [0.15, 0.2) is 0 Å². The van der Waals surface area contributed by atoms with Crippen LogP contribution in [-0.4, -0.2) is 10.9 Å². The summed E-state index contributed by atoms with van der Waals surface area (Å²) in [5.74, 6) is -0.138. The van der Waals surface area contributed by atoms with Gasteiger partial charge >= 0.3 is 0 Å². The first kappa shape index (κ1) is 15.5. The van der Waals surface area contributed by atoms with Crippen LogP contribution in [0.4, 0.5) is 5.69 Å². The minimum Gasteiger partial charge on any atom is -0.326 e. The maximum absolute atomic E-state index is 12.1. The summed E-state index contributed by atoms with van der Waals surface area (Å²) >= 11 is 14.9. The van der Waals surface area contributed by atoms with E-state index in [9.17, 15) is 4.79 Å². The van der Waals surface area contributed by atoms with Gasteiger partial charge in [-0.25, -0.2) is 4.98 Å². The third-order valence-corrected chi connectivity index (χ3v) is 5.50. The highest BCUT2D eigenvalue weighted by atomic mass is 35.5. The number of hydrogen-bond acceptors (Lipinski definition) is 4. The molecule has 1 aromatic carbocycles. The number of hydrogen-bond donors (Lipinski definition) is 1. The highest BCUT2D eigenvalue weighted by Crippen LogP contribution is 2.28. The van der Waals surface area contributed by atoms with E-state index in [0.29, 0.717) is 15.7 Å². The molecule has 0 saturated carbocycles. The van der Waals surface area contributed by atoms with E-state index in [0.717, 1.165) is 15.6 Å². The molecular formula is C15H10Cl2N2OS2. The second-order valence-electron chi connectivity index (χ2n) is 4.48. The van der Waals surface area contributed by atoms with Crippen LogP contribution >= 0.6 is 45.9 Å². The molecule has 1 N–H and O–H groups in total. The van der Waals surface area contributed by atoms with Gasteiger partial charge in [0.1, 0.15) is 5.01 Å². The lowest BCUT2D eigenvalue weighted by Crippen LogP contribution is -2.14. The zero-order valence-electron chi connectivity index (χ0n) is 11.2. The van der Waals surface area contributed by atoms with Gasteiger partial charge in [-0.15, -0.1) is 22.7 Å². The molecule has 0 aliphatic carbocycles. The van der Waals surface area contributed by atoms with Crippen LogP contribution in [0.15, 0.2) is 41.1 Å². The SMILES string of the molecule is O=C(Cc1csc(-c2cccs2)n1)Nc1ccc(Cl)c(Cl)c1. The molecule has 0 atom stereocenters. The van der Waals surface area contributed by atoms with E-state index in [1.165, 1.54) is 0 Å². The van der Waals surface area contributed by atoms with Gasteiger partial charge in [0, 0.05) is 11.1 Å². The Labute approximate surface area is 145 Å². The summed E-state index contributed by atoms with van der Waals surface area (Å²) in [4.78, 5) is 17.7. The Morgan fingerprint density at radius 1 is 1.18 bits per heavy atom. The van der Waals surface area contributed by atoms with E-state index in [1.807, 2.05) is 22.9 Å². The van der Waals surface area contributed by atoms with Crippen molar-refractivity contribution in [1.82, 2.24) is 4.98 Å². The minimum absolute atomic E-state index is 0.138. The van der Waals surface area contributed by atoms with E-state index < -0.39 is 0 Å². The lowest BCUT2D eigenvalue weighted by molar-refractivity contribution is -0.115. The predicted molar refractivity (Wildman–Crippen MR) is 94.2 cm³/mol. The molecule has 0 spiro atoms. The van der Waals surface area contributed by atoms with Crippen molar-refractivity contribution >= 4 is 57.5 Å². The van der Waals surface area contributed by atoms with E-state index >= 15 is 0 Å². The van der Waals surface area contributed by atoms with Crippen molar-refractivity contribution in [2.45, 2.75) is 6.42 Å². The average Bonchev–Trinajstić information content (AvgIpc) is 3.13. The molecule has 3 aromatic rings. The van der Waals surface area contributed by atoms with Gasteiger partial charge < -0.3 is 5.32 Å². The Morgan fingerprint density at radius 2 is 2.05 bits per heavy atom. The molecule has 2 aromatic heterocycles. The lowest BCUT2D eigenvalue weighted by Gasteiger charge is -2.05. The number of nitrogens with zero attached hydrogens (tertiary/aromatic N) is 1. The van der Waals surface area contributed by atoms with E-state index in [4.69, 9.17) is 23.2 Å². The fourth-order valence-corrected chi connectivity index (χ4v) is 3.78. The molecule has 0 aliphatic heterocycles. The quantitative estimate of drug-likeness (QED) is 0.673. The van der Waals surface area contributed by atoms with Crippen molar-refractivity contribution in [3.05, 3.63) is 56.8 Å². The Morgan fingerprint density at radius 3 is 2.77 bits per heavy atom. The van der Waals surface area contributed by atoms with Crippen LogP contribution in [0.5, 0.6) is 0 Å². The van der Waals surface area contributed by atoms with Crippen LogP contribution in [-0.2, 0) is 11.2 Å². The number of anilines is 1. The van der Waals surface area contributed by atoms with Gasteiger partial charge in [-0.3, -0.25) is 4.79 Å². The average molecular weight is 369 g/mol. The molecule has 7 heteroatoms. The fraction of sp³-hybridized carbons (Fsp3) is 0.0667. The maximum Gasteiger partial charge on any atom is 0.230 e.